The van der Waals surface area contributed by atoms with Gasteiger partial charge in [0, 0.05) is 12.6 Å². The first-order valence-corrected chi connectivity index (χ1v) is 6.93. The van der Waals surface area contributed by atoms with Crippen molar-refractivity contribution < 1.29 is 19.1 Å². The molecular weight excluding hydrogens is 316 g/mol. The lowest BCUT2D eigenvalue weighted by molar-refractivity contribution is -0.384. The smallest absolute Gasteiger partial charge is 0.311 e. The van der Waals surface area contributed by atoms with Crippen LogP contribution in [-0.2, 0) is 6.54 Å². The number of nitrogens with two attached hydrogens (primary N) is 1. The number of methoxy groups -OCH3 is 3. The minimum Gasteiger partial charge on any atom is -0.493 e. The molecule has 24 heavy (non-hydrogen) atoms. The zero-order chi connectivity index (χ0) is 17.7. The molecule has 3 N–H and O–H groups in total. The van der Waals surface area contributed by atoms with Gasteiger partial charge in [-0.15, -0.1) is 0 Å². The van der Waals surface area contributed by atoms with Crippen LogP contribution in [0, 0.1) is 10.1 Å². The SMILES string of the molecule is COc1cc(CNc2ccc([N+](=O)[O-])c(N)n2)cc(OC)c1OC. The van der Waals surface area contributed by atoms with Crippen LogP contribution in [-0.4, -0.2) is 31.2 Å². The van der Waals surface area contributed by atoms with E-state index in [9.17, 15) is 10.1 Å². The van der Waals surface area contributed by atoms with Crippen LogP contribution in [0.15, 0.2) is 24.3 Å². The quantitative estimate of drug-likeness (QED) is 0.584. The molecule has 0 fully saturated rings. The van der Waals surface area contributed by atoms with E-state index in [4.69, 9.17) is 19.9 Å². The van der Waals surface area contributed by atoms with Crippen molar-refractivity contribution in [2.24, 2.45) is 0 Å². The minimum atomic E-state index is -0.578. The molecule has 0 aliphatic rings. The number of hydrogen-bond donors (Lipinski definition) is 2. The number of nitro groups is 1. The number of nitrogen functional groups attached to an aromatic ring is 1. The van der Waals surface area contributed by atoms with Crippen LogP contribution >= 0.6 is 0 Å². The zero-order valence-electron chi connectivity index (χ0n) is 13.5. The molecule has 0 bridgehead atoms. The van der Waals surface area contributed by atoms with E-state index >= 15 is 0 Å². The number of nitrogens with one attached hydrogen (secondary N) is 1. The molecule has 0 saturated heterocycles. The predicted octanol–water partition coefficient (Wildman–Crippen LogP) is 2.21. The summed E-state index contributed by atoms with van der Waals surface area (Å²) >= 11 is 0. The Bertz CT molecular complexity index is 726. The fraction of sp³-hybridized carbons (Fsp3) is 0.267. The minimum absolute atomic E-state index is 0.144. The fourth-order valence-electron chi connectivity index (χ4n) is 2.15. The van der Waals surface area contributed by atoms with Gasteiger partial charge in [-0.1, -0.05) is 0 Å². The van der Waals surface area contributed by atoms with Gasteiger partial charge in [0.1, 0.15) is 5.82 Å². The van der Waals surface area contributed by atoms with Crippen molar-refractivity contribution in [2.75, 3.05) is 32.4 Å². The summed E-state index contributed by atoms with van der Waals surface area (Å²) in [5, 5.41) is 13.8. The fourth-order valence-corrected chi connectivity index (χ4v) is 2.15. The molecule has 0 spiro atoms. The van der Waals surface area contributed by atoms with Gasteiger partial charge in [-0.3, -0.25) is 10.1 Å². The molecule has 1 aromatic carbocycles. The summed E-state index contributed by atoms with van der Waals surface area (Å²) in [4.78, 5) is 14.1. The first-order chi connectivity index (χ1) is 11.5. The van der Waals surface area contributed by atoms with E-state index in [1.165, 1.54) is 33.5 Å². The molecule has 0 unspecified atom stereocenters. The molecule has 9 heteroatoms. The van der Waals surface area contributed by atoms with Crippen LogP contribution in [0.3, 0.4) is 0 Å². The van der Waals surface area contributed by atoms with E-state index in [-0.39, 0.29) is 11.5 Å². The maximum Gasteiger partial charge on any atom is 0.311 e. The number of ether oxygens (including phenoxy) is 3. The second kappa shape index (κ2) is 7.36. The highest BCUT2D eigenvalue weighted by Crippen LogP contribution is 2.38. The van der Waals surface area contributed by atoms with Crippen molar-refractivity contribution >= 4 is 17.3 Å². The van der Waals surface area contributed by atoms with E-state index in [1.807, 2.05) is 0 Å². The summed E-state index contributed by atoms with van der Waals surface area (Å²) in [7, 11) is 4.60. The van der Waals surface area contributed by atoms with Crippen molar-refractivity contribution in [2.45, 2.75) is 6.54 Å². The lowest BCUT2D eigenvalue weighted by atomic mass is 10.1. The summed E-state index contributed by atoms with van der Waals surface area (Å²) in [5.41, 5.74) is 6.19. The second-order valence-electron chi connectivity index (χ2n) is 4.75. The van der Waals surface area contributed by atoms with Crippen LogP contribution in [0.25, 0.3) is 0 Å². The Labute approximate surface area is 138 Å². The van der Waals surface area contributed by atoms with Gasteiger partial charge in [0.05, 0.1) is 26.3 Å². The third-order valence-corrected chi connectivity index (χ3v) is 3.30. The number of hydrogen-bond acceptors (Lipinski definition) is 8. The Morgan fingerprint density at radius 3 is 2.25 bits per heavy atom. The molecule has 0 radical (unpaired) electrons. The molecule has 1 heterocycles. The van der Waals surface area contributed by atoms with Crippen LogP contribution in [0.4, 0.5) is 17.3 Å². The average Bonchev–Trinajstić information content (AvgIpc) is 2.58. The normalized spacial score (nSPS) is 10.1. The van der Waals surface area contributed by atoms with E-state index in [1.54, 1.807) is 12.1 Å². The Balaban J connectivity index is 2.20. The standard InChI is InChI=1S/C15H18N4O5/c1-22-11-6-9(7-12(23-2)14(11)24-3)8-17-13-5-4-10(19(20)21)15(16)18-13/h4-7H,8H2,1-3H3,(H3,16,17,18). The monoisotopic (exact) mass is 334 g/mol. The van der Waals surface area contributed by atoms with E-state index in [0.717, 1.165) is 5.56 Å². The van der Waals surface area contributed by atoms with Gasteiger partial charge >= 0.3 is 5.69 Å². The highest BCUT2D eigenvalue weighted by atomic mass is 16.6. The Morgan fingerprint density at radius 1 is 1.17 bits per heavy atom. The number of benzene rings is 1. The third kappa shape index (κ3) is 3.57. The van der Waals surface area contributed by atoms with Crippen LogP contribution in [0.5, 0.6) is 17.2 Å². The van der Waals surface area contributed by atoms with Gasteiger partial charge in [0.25, 0.3) is 0 Å². The Morgan fingerprint density at radius 2 is 1.79 bits per heavy atom. The number of anilines is 2. The second-order valence-corrected chi connectivity index (χ2v) is 4.75. The first-order valence-electron chi connectivity index (χ1n) is 6.93. The van der Waals surface area contributed by atoms with Crippen molar-refractivity contribution in [1.82, 2.24) is 4.98 Å². The van der Waals surface area contributed by atoms with Gasteiger partial charge in [-0.2, -0.15) is 0 Å². The van der Waals surface area contributed by atoms with Gasteiger partial charge in [0.15, 0.2) is 11.5 Å². The predicted molar refractivity (Wildman–Crippen MR) is 88.7 cm³/mol. The highest BCUT2D eigenvalue weighted by molar-refractivity contribution is 5.58. The molecule has 9 nitrogen and oxygen atoms in total. The lowest BCUT2D eigenvalue weighted by Gasteiger charge is -2.14. The number of aromatic nitrogens is 1. The van der Waals surface area contributed by atoms with Gasteiger partial charge < -0.3 is 25.3 Å². The average molecular weight is 334 g/mol. The van der Waals surface area contributed by atoms with Crippen molar-refractivity contribution in [3.8, 4) is 17.2 Å². The lowest BCUT2D eigenvalue weighted by Crippen LogP contribution is -2.05. The van der Waals surface area contributed by atoms with Gasteiger partial charge in [-0.25, -0.2) is 4.98 Å². The van der Waals surface area contributed by atoms with E-state index in [2.05, 4.69) is 10.3 Å². The third-order valence-electron chi connectivity index (χ3n) is 3.30. The number of rotatable bonds is 7. The van der Waals surface area contributed by atoms with Crippen molar-refractivity contribution in [3.63, 3.8) is 0 Å². The van der Waals surface area contributed by atoms with Crippen LogP contribution < -0.4 is 25.3 Å². The molecule has 2 rings (SSSR count). The van der Waals surface area contributed by atoms with Gasteiger partial charge in [0.2, 0.25) is 11.6 Å². The molecule has 1 aromatic heterocycles. The molecular formula is C15H18N4O5. The summed E-state index contributed by atoms with van der Waals surface area (Å²) in [5.74, 6) is 1.85. The molecule has 128 valence electrons. The summed E-state index contributed by atoms with van der Waals surface area (Å²) in [6.07, 6.45) is 0. The molecule has 0 aliphatic heterocycles. The summed E-state index contributed by atoms with van der Waals surface area (Å²) < 4.78 is 15.8. The molecule has 2 aromatic rings. The number of pyridine rings is 1. The van der Waals surface area contributed by atoms with Crippen molar-refractivity contribution in [1.29, 1.82) is 0 Å². The number of nitrogens with zero attached hydrogens (tertiary/aromatic N) is 2. The summed E-state index contributed by atoms with van der Waals surface area (Å²) in [6, 6.07) is 6.39. The van der Waals surface area contributed by atoms with E-state index in [0.29, 0.717) is 29.6 Å². The molecule has 0 aliphatic carbocycles. The topological polar surface area (TPSA) is 122 Å². The van der Waals surface area contributed by atoms with Crippen molar-refractivity contribution in [3.05, 3.63) is 39.9 Å². The van der Waals surface area contributed by atoms with Crippen LogP contribution in [0.2, 0.25) is 0 Å². The maximum absolute atomic E-state index is 10.7. The maximum atomic E-state index is 10.7. The molecule has 0 atom stereocenters. The van der Waals surface area contributed by atoms with Gasteiger partial charge in [-0.05, 0) is 23.8 Å². The Hall–Kier alpha value is -3.23. The zero-order valence-corrected chi connectivity index (χ0v) is 13.5. The largest absolute Gasteiger partial charge is 0.493 e. The molecule has 0 amide bonds. The van der Waals surface area contributed by atoms with E-state index < -0.39 is 4.92 Å². The van der Waals surface area contributed by atoms with Crippen LogP contribution in [0.1, 0.15) is 5.56 Å². The summed E-state index contributed by atoms with van der Waals surface area (Å²) in [6.45, 7) is 0.390. The molecule has 0 saturated carbocycles. The first kappa shape index (κ1) is 17.1. The Kier molecular flexibility index (Phi) is 5.25. The highest BCUT2D eigenvalue weighted by Gasteiger charge is 2.15.